The molecule has 1 rings (SSSR count). The van der Waals surface area contributed by atoms with Crippen LogP contribution in [-0.4, -0.2) is 44.0 Å². The zero-order valence-electron chi connectivity index (χ0n) is 10.5. The van der Waals surface area contributed by atoms with Crippen LogP contribution in [0.5, 0.6) is 0 Å². The van der Waals surface area contributed by atoms with E-state index in [2.05, 4.69) is 4.76 Å². The molecular weight excluding hydrogens is 256 g/mol. The van der Waals surface area contributed by atoms with Gasteiger partial charge in [0.25, 0.3) is 6.50 Å². The van der Waals surface area contributed by atoms with E-state index < -0.39 is 6.50 Å². The first-order chi connectivity index (χ1) is 7.84. The van der Waals surface area contributed by atoms with Crippen molar-refractivity contribution in [2.24, 2.45) is 4.76 Å². The fraction of sp³-hybridized carbons (Fsp3) is 0.364. The molecule has 1 aromatic rings. The summed E-state index contributed by atoms with van der Waals surface area (Å²) in [6, 6.07) is 8.76. The predicted octanol–water partition coefficient (Wildman–Crippen LogP) is 2.07. The van der Waals surface area contributed by atoms with Crippen LogP contribution in [0.1, 0.15) is 0 Å². The summed E-state index contributed by atoms with van der Waals surface area (Å²) in [5.41, 5.74) is 0. The summed E-state index contributed by atoms with van der Waals surface area (Å²) in [6.45, 7) is -3.37. The Morgan fingerprint density at radius 1 is 1.12 bits per heavy atom. The summed E-state index contributed by atoms with van der Waals surface area (Å²) in [4.78, 5) is 3.51. The molecule has 0 saturated carbocycles. The highest BCUT2D eigenvalue weighted by molar-refractivity contribution is 8.15. The highest BCUT2D eigenvalue weighted by Crippen LogP contribution is 2.48. The third-order valence-electron chi connectivity index (χ3n) is 2.09. The maximum atomic E-state index is 14.5. The molecule has 0 radical (unpaired) electrons. The third-order valence-corrected chi connectivity index (χ3v) is 4.34. The Morgan fingerprint density at radius 2 is 1.59 bits per heavy atom. The molecule has 17 heavy (non-hydrogen) atoms. The van der Waals surface area contributed by atoms with Gasteiger partial charge in [-0.1, -0.05) is 18.2 Å². The summed E-state index contributed by atoms with van der Waals surface area (Å²) in [6.07, 6.45) is 0. The molecule has 6 heteroatoms. The van der Waals surface area contributed by atoms with Gasteiger partial charge in [-0.25, -0.2) is 0 Å². The van der Waals surface area contributed by atoms with Crippen LogP contribution in [-0.2, 0) is 11.8 Å². The van der Waals surface area contributed by atoms with E-state index in [1.807, 2.05) is 34.3 Å². The van der Waals surface area contributed by atoms with Crippen molar-refractivity contribution in [2.45, 2.75) is 0 Å². The van der Waals surface area contributed by atoms with Crippen LogP contribution in [0.15, 0.2) is 35.1 Å². The molecule has 0 N–H and O–H groups in total. The lowest BCUT2D eigenvalue weighted by Crippen LogP contribution is -2.35. The second-order valence-electron chi connectivity index (χ2n) is 4.03. The molecule has 0 saturated heterocycles. The van der Waals surface area contributed by atoms with Crippen LogP contribution in [0.4, 0.5) is 4.20 Å². The Bertz CT molecular complexity index is 435. The van der Waals surface area contributed by atoms with Crippen LogP contribution in [0.3, 0.4) is 0 Å². The van der Waals surface area contributed by atoms with Crippen molar-refractivity contribution in [1.29, 1.82) is 0 Å². The minimum absolute atomic E-state index is 0.483. The molecule has 0 spiro atoms. The SMILES string of the molecule is CN(C)C(=NP(F)(=S)c1ccccc1)N(C)C. The lowest BCUT2D eigenvalue weighted by molar-refractivity contribution is 0.485. The first-order valence-electron chi connectivity index (χ1n) is 5.15. The standard InChI is InChI=1S/C11H17FN3PS/c1-14(2)11(15(3)4)13-16(12,17)10-8-6-5-7-9-10/h5-9H,1-4H3. The van der Waals surface area contributed by atoms with Crippen molar-refractivity contribution in [2.75, 3.05) is 28.2 Å². The van der Waals surface area contributed by atoms with E-state index in [9.17, 15) is 4.20 Å². The van der Waals surface area contributed by atoms with Gasteiger partial charge in [-0.05, 0) is 23.9 Å². The summed E-state index contributed by atoms with van der Waals surface area (Å²) < 4.78 is 18.6. The number of rotatable bonds is 2. The van der Waals surface area contributed by atoms with E-state index in [0.29, 0.717) is 11.3 Å². The average Bonchev–Trinajstić information content (AvgIpc) is 2.26. The Morgan fingerprint density at radius 3 is 2.00 bits per heavy atom. The molecule has 0 amide bonds. The first-order valence-corrected chi connectivity index (χ1v) is 7.79. The van der Waals surface area contributed by atoms with Crippen molar-refractivity contribution in [3.63, 3.8) is 0 Å². The Kier molecular flexibility index (Phi) is 4.66. The molecule has 1 unspecified atom stereocenters. The number of hydrogen-bond acceptors (Lipinski definition) is 1. The van der Waals surface area contributed by atoms with Crippen LogP contribution < -0.4 is 5.30 Å². The normalized spacial score (nSPS) is 13.7. The smallest absolute Gasteiger partial charge is 0.250 e. The van der Waals surface area contributed by atoms with Gasteiger partial charge < -0.3 is 9.80 Å². The van der Waals surface area contributed by atoms with Gasteiger partial charge >= 0.3 is 0 Å². The number of benzene rings is 1. The van der Waals surface area contributed by atoms with Gasteiger partial charge in [-0.15, -0.1) is 0 Å². The van der Waals surface area contributed by atoms with Crippen molar-refractivity contribution in [3.05, 3.63) is 30.3 Å². The van der Waals surface area contributed by atoms with Gasteiger partial charge in [0.2, 0.25) is 5.96 Å². The van der Waals surface area contributed by atoms with Crippen LogP contribution in [0.25, 0.3) is 0 Å². The van der Waals surface area contributed by atoms with Crippen molar-refractivity contribution >= 4 is 29.6 Å². The molecule has 3 nitrogen and oxygen atoms in total. The maximum Gasteiger partial charge on any atom is 0.250 e. The molecule has 0 aliphatic heterocycles. The third kappa shape index (κ3) is 3.79. The molecule has 1 aromatic carbocycles. The van der Waals surface area contributed by atoms with E-state index in [1.54, 1.807) is 34.1 Å². The number of halogens is 1. The molecule has 1 atom stereocenters. The Hall–Kier alpha value is -0.930. The lowest BCUT2D eigenvalue weighted by atomic mass is 10.4. The van der Waals surface area contributed by atoms with E-state index in [4.69, 9.17) is 11.8 Å². The van der Waals surface area contributed by atoms with Gasteiger partial charge in [-0.2, -0.15) is 8.96 Å². The largest absolute Gasteiger partial charge is 0.349 e. The zero-order valence-corrected chi connectivity index (χ0v) is 12.2. The predicted molar refractivity (Wildman–Crippen MR) is 76.3 cm³/mol. The summed E-state index contributed by atoms with van der Waals surface area (Å²) in [5.74, 6) is 0.541. The molecule has 0 aromatic heterocycles. The van der Waals surface area contributed by atoms with Gasteiger partial charge in [0.15, 0.2) is 0 Å². The quantitative estimate of drug-likeness (QED) is 0.467. The first kappa shape index (κ1) is 14.1. The van der Waals surface area contributed by atoms with Gasteiger partial charge in [0.1, 0.15) is 0 Å². The molecule has 0 aliphatic carbocycles. The Balaban J connectivity index is 3.15. The lowest BCUT2D eigenvalue weighted by Gasteiger charge is -2.24. The number of nitrogens with zero attached hydrogens (tertiary/aromatic N) is 3. The molecule has 0 bridgehead atoms. The van der Waals surface area contributed by atoms with Gasteiger partial charge in [0, 0.05) is 33.5 Å². The van der Waals surface area contributed by atoms with Crippen LogP contribution in [0.2, 0.25) is 0 Å². The minimum atomic E-state index is -3.37. The zero-order chi connectivity index (χ0) is 13.1. The van der Waals surface area contributed by atoms with Gasteiger partial charge in [0.05, 0.1) is 0 Å². The van der Waals surface area contributed by atoms with E-state index in [1.165, 1.54) is 0 Å². The summed E-state index contributed by atoms with van der Waals surface area (Å²) in [7, 11) is 7.27. The second kappa shape index (κ2) is 5.61. The summed E-state index contributed by atoms with van der Waals surface area (Å²) >= 11 is 5.03. The second-order valence-corrected chi connectivity index (χ2v) is 7.20. The van der Waals surface area contributed by atoms with Crippen molar-refractivity contribution in [3.8, 4) is 0 Å². The fourth-order valence-electron chi connectivity index (χ4n) is 1.36. The molecule has 0 aliphatic rings. The molecule has 0 fully saturated rings. The fourth-order valence-corrected chi connectivity index (χ4v) is 3.19. The Labute approximate surface area is 107 Å². The monoisotopic (exact) mass is 273 g/mol. The van der Waals surface area contributed by atoms with Crippen molar-refractivity contribution in [1.82, 2.24) is 9.80 Å². The van der Waals surface area contributed by atoms with E-state index >= 15 is 0 Å². The maximum absolute atomic E-state index is 14.5. The van der Waals surface area contributed by atoms with Crippen molar-refractivity contribution < 1.29 is 4.20 Å². The average molecular weight is 273 g/mol. The van der Waals surface area contributed by atoms with E-state index in [0.717, 1.165) is 0 Å². The topological polar surface area (TPSA) is 18.8 Å². The van der Waals surface area contributed by atoms with Crippen LogP contribution in [0, 0.1) is 0 Å². The highest BCUT2D eigenvalue weighted by atomic mass is 32.5. The highest BCUT2D eigenvalue weighted by Gasteiger charge is 2.20. The molecular formula is C11H17FN3PS. The van der Waals surface area contributed by atoms with E-state index in [-0.39, 0.29) is 0 Å². The summed E-state index contributed by atoms with van der Waals surface area (Å²) in [5, 5.41) is 0.483. The minimum Gasteiger partial charge on any atom is -0.349 e. The number of hydrogen-bond donors (Lipinski definition) is 0. The molecule has 94 valence electrons. The van der Waals surface area contributed by atoms with Crippen LogP contribution >= 0.6 is 6.50 Å². The van der Waals surface area contributed by atoms with Gasteiger partial charge in [-0.3, -0.25) is 0 Å². The molecule has 0 heterocycles. The number of guanidine groups is 1.